The van der Waals surface area contributed by atoms with Gasteiger partial charge < -0.3 is 10.1 Å². The van der Waals surface area contributed by atoms with Crippen LogP contribution >= 0.6 is 12.2 Å². The van der Waals surface area contributed by atoms with Crippen LogP contribution in [0.25, 0.3) is 0 Å². The molecule has 0 radical (unpaired) electrons. The van der Waals surface area contributed by atoms with Crippen LogP contribution in [0.1, 0.15) is 12.5 Å². The summed E-state index contributed by atoms with van der Waals surface area (Å²) in [5.41, 5.74) is 0.885. The van der Waals surface area contributed by atoms with Crippen LogP contribution in [0.2, 0.25) is 0 Å². The molecule has 0 heterocycles. The highest BCUT2D eigenvalue weighted by molar-refractivity contribution is 7.80. The number of benzene rings is 1. The zero-order valence-corrected chi connectivity index (χ0v) is 12.1. The Morgan fingerprint density at radius 1 is 1.38 bits per heavy atom. The van der Waals surface area contributed by atoms with Gasteiger partial charge in [0.05, 0.1) is 17.9 Å². The first-order valence-electron chi connectivity index (χ1n) is 6.02. The van der Waals surface area contributed by atoms with Crippen LogP contribution in [0.5, 0.6) is 0 Å². The quantitative estimate of drug-likeness (QED) is 0.497. The van der Waals surface area contributed by atoms with Gasteiger partial charge in [-0.05, 0) is 31.3 Å². The Hall–Kier alpha value is -2.72. The molecule has 0 aliphatic carbocycles. The maximum atomic E-state index is 11.5. The highest BCUT2D eigenvalue weighted by atomic mass is 32.1. The first-order valence-corrected chi connectivity index (χ1v) is 6.43. The van der Waals surface area contributed by atoms with E-state index in [0.717, 1.165) is 12.2 Å². The number of carbonyl (C=O) groups excluding carboxylic acids is 2. The van der Waals surface area contributed by atoms with Crippen LogP contribution < -0.4 is 10.6 Å². The number of amides is 1. The van der Waals surface area contributed by atoms with Crippen molar-refractivity contribution < 1.29 is 14.3 Å². The van der Waals surface area contributed by atoms with E-state index >= 15 is 0 Å². The molecule has 108 valence electrons. The summed E-state index contributed by atoms with van der Waals surface area (Å²) >= 11 is 4.95. The fraction of sp³-hybridized carbons (Fsp3) is 0.143. The average molecular weight is 303 g/mol. The summed E-state index contributed by atoms with van der Waals surface area (Å²) in [4.78, 5) is 22.5. The predicted molar refractivity (Wildman–Crippen MR) is 81.3 cm³/mol. The van der Waals surface area contributed by atoms with Gasteiger partial charge in [0.15, 0.2) is 5.11 Å². The Balaban J connectivity index is 2.56. The molecule has 1 aromatic rings. The zero-order chi connectivity index (χ0) is 15.7. The number of nitrogens with one attached hydrogen (secondary N) is 2. The number of esters is 1. The van der Waals surface area contributed by atoms with E-state index in [2.05, 4.69) is 15.4 Å². The third-order valence-corrected chi connectivity index (χ3v) is 2.39. The molecule has 0 aliphatic heterocycles. The van der Waals surface area contributed by atoms with Gasteiger partial charge in [-0.3, -0.25) is 10.1 Å². The van der Waals surface area contributed by atoms with Crippen LogP contribution in [0.15, 0.2) is 36.4 Å². The highest BCUT2D eigenvalue weighted by Crippen LogP contribution is 2.12. The number of nitriles is 1. The van der Waals surface area contributed by atoms with Crippen molar-refractivity contribution >= 4 is 34.9 Å². The highest BCUT2D eigenvalue weighted by Gasteiger charge is 2.05. The molecule has 1 amide bonds. The monoisotopic (exact) mass is 303 g/mol. The summed E-state index contributed by atoms with van der Waals surface area (Å²) < 4.78 is 4.63. The fourth-order valence-electron chi connectivity index (χ4n) is 1.33. The fourth-order valence-corrected chi connectivity index (χ4v) is 1.54. The Labute approximate surface area is 127 Å². The largest absolute Gasteiger partial charge is 0.463 e. The first kappa shape index (κ1) is 16.3. The van der Waals surface area contributed by atoms with Gasteiger partial charge in [-0.25, -0.2) is 4.79 Å². The van der Waals surface area contributed by atoms with Gasteiger partial charge >= 0.3 is 5.97 Å². The van der Waals surface area contributed by atoms with E-state index in [1.807, 2.05) is 6.07 Å². The lowest BCUT2D eigenvalue weighted by Gasteiger charge is -2.09. The number of thiocarbonyl (C=S) groups is 1. The maximum Gasteiger partial charge on any atom is 0.330 e. The maximum absolute atomic E-state index is 11.5. The Morgan fingerprint density at radius 2 is 2.10 bits per heavy atom. The number of hydrogen-bond donors (Lipinski definition) is 2. The molecule has 2 N–H and O–H groups in total. The third-order valence-electron chi connectivity index (χ3n) is 2.19. The molecule has 0 saturated carbocycles. The van der Waals surface area contributed by atoms with E-state index < -0.39 is 11.9 Å². The van der Waals surface area contributed by atoms with Gasteiger partial charge in [-0.15, -0.1) is 0 Å². The van der Waals surface area contributed by atoms with Crippen molar-refractivity contribution in [2.45, 2.75) is 6.92 Å². The summed E-state index contributed by atoms with van der Waals surface area (Å²) in [7, 11) is 0. The molecular formula is C14H13N3O3S. The molecule has 7 heteroatoms. The number of para-hydroxylation sites is 1. The standard InChI is InChI=1S/C14H13N3O3S/c1-2-20-13(19)8-7-12(18)17-14(21)16-11-6-4-3-5-10(11)9-15/h3-8H,2H2,1H3,(H2,16,17,18,21)/b8-7+. The number of rotatable bonds is 4. The lowest BCUT2D eigenvalue weighted by molar-refractivity contribution is -0.137. The van der Waals surface area contributed by atoms with Gasteiger partial charge in [-0.2, -0.15) is 5.26 Å². The summed E-state index contributed by atoms with van der Waals surface area (Å²) in [6.45, 7) is 1.90. The van der Waals surface area contributed by atoms with E-state index in [4.69, 9.17) is 17.5 Å². The van der Waals surface area contributed by atoms with Gasteiger partial charge in [0.25, 0.3) is 0 Å². The topological polar surface area (TPSA) is 91.2 Å². The van der Waals surface area contributed by atoms with Gasteiger partial charge in [0, 0.05) is 12.2 Å². The van der Waals surface area contributed by atoms with Crippen molar-refractivity contribution in [1.29, 1.82) is 5.26 Å². The molecule has 0 unspecified atom stereocenters. The van der Waals surface area contributed by atoms with Gasteiger partial charge in [-0.1, -0.05) is 12.1 Å². The van der Waals surface area contributed by atoms with Crippen LogP contribution in [0.4, 0.5) is 5.69 Å². The molecule has 0 fully saturated rings. The zero-order valence-electron chi connectivity index (χ0n) is 11.3. The molecule has 21 heavy (non-hydrogen) atoms. The summed E-state index contributed by atoms with van der Waals surface area (Å²) in [5.74, 6) is -1.18. The molecule has 1 rings (SSSR count). The van der Waals surface area contributed by atoms with Crippen LogP contribution in [-0.2, 0) is 14.3 Å². The summed E-state index contributed by atoms with van der Waals surface area (Å²) in [6, 6.07) is 8.72. The molecule has 0 aliphatic rings. The molecule has 0 saturated heterocycles. The molecule has 0 atom stereocenters. The summed E-state index contributed by atoms with van der Waals surface area (Å²) in [6.07, 6.45) is 2.02. The van der Waals surface area contributed by atoms with Crippen LogP contribution in [0, 0.1) is 11.3 Å². The van der Waals surface area contributed by atoms with Crippen molar-refractivity contribution in [2.24, 2.45) is 0 Å². The third kappa shape index (κ3) is 5.84. The Bertz CT molecular complexity index is 620. The average Bonchev–Trinajstić information content (AvgIpc) is 2.46. The van der Waals surface area contributed by atoms with Crippen molar-refractivity contribution in [3.05, 3.63) is 42.0 Å². The second-order valence-electron chi connectivity index (χ2n) is 3.69. The minimum atomic E-state index is -0.610. The van der Waals surface area contributed by atoms with Crippen molar-refractivity contribution in [2.75, 3.05) is 11.9 Å². The van der Waals surface area contributed by atoms with E-state index in [9.17, 15) is 9.59 Å². The van der Waals surface area contributed by atoms with Crippen LogP contribution in [0.3, 0.4) is 0 Å². The van der Waals surface area contributed by atoms with E-state index in [1.54, 1.807) is 31.2 Å². The minimum Gasteiger partial charge on any atom is -0.463 e. The smallest absolute Gasteiger partial charge is 0.330 e. The lowest BCUT2D eigenvalue weighted by atomic mass is 10.2. The number of ether oxygens (including phenoxy) is 1. The van der Waals surface area contributed by atoms with Crippen molar-refractivity contribution in [3.63, 3.8) is 0 Å². The first-order chi connectivity index (χ1) is 10.1. The lowest BCUT2D eigenvalue weighted by Crippen LogP contribution is -2.33. The number of nitrogens with zero attached hydrogens (tertiary/aromatic N) is 1. The molecule has 0 bridgehead atoms. The number of carbonyl (C=O) groups is 2. The molecule has 1 aromatic carbocycles. The van der Waals surface area contributed by atoms with Crippen LogP contribution in [-0.4, -0.2) is 23.6 Å². The SMILES string of the molecule is CCOC(=O)/C=C/C(=O)NC(=S)Nc1ccccc1C#N. The second kappa shape index (κ2) is 8.45. The van der Waals surface area contributed by atoms with E-state index in [0.29, 0.717) is 11.3 Å². The molecule has 0 aromatic heterocycles. The van der Waals surface area contributed by atoms with E-state index in [-0.39, 0.29) is 11.7 Å². The molecule has 6 nitrogen and oxygen atoms in total. The minimum absolute atomic E-state index is 0.0243. The summed E-state index contributed by atoms with van der Waals surface area (Å²) in [5, 5.41) is 14.0. The Kier molecular flexibility index (Phi) is 6.57. The van der Waals surface area contributed by atoms with Crippen molar-refractivity contribution in [1.82, 2.24) is 5.32 Å². The number of hydrogen-bond acceptors (Lipinski definition) is 5. The molecule has 0 spiro atoms. The second-order valence-corrected chi connectivity index (χ2v) is 4.09. The van der Waals surface area contributed by atoms with Crippen molar-refractivity contribution in [3.8, 4) is 6.07 Å². The number of anilines is 1. The van der Waals surface area contributed by atoms with Gasteiger partial charge in [0.1, 0.15) is 6.07 Å². The van der Waals surface area contributed by atoms with Gasteiger partial charge in [0.2, 0.25) is 5.91 Å². The Morgan fingerprint density at radius 3 is 2.76 bits per heavy atom. The predicted octanol–water partition coefficient (Wildman–Crippen LogP) is 1.49. The molecular weight excluding hydrogens is 290 g/mol. The van der Waals surface area contributed by atoms with E-state index in [1.165, 1.54) is 0 Å². The normalized spacial score (nSPS) is 9.71.